The zero-order chi connectivity index (χ0) is 16.9. The molecule has 3 rings (SSSR count). The molecule has 24 heavy (non-hydrogen) atoms. The topological polar surface area (TPSA) is 66.9 Å². The van der Waals surface area contributed by atoms with Crippen molar-refractivity contribution in [3.8, 4) is 0 Å². The first kappa shape index (κ1) is 15.6. The molecule has 1 heterocycles. The highest BCUT2D eigenvalue weighted by Crippen LogP contribution is 2.16. The third kappa shape index (κ3) is 3.92. The minimum atomic E-state index is -0.330. The highest BCUT2D eigenvalue weighted by molar-refractivity contribution is 6.03. The average molecular weight is 322 g/mol. The summed E-state index contributed by atoms with van der Waals surface area (Å²) in [6.45, 7) is 1.98. The lowest BCUT2D eigenvalue weighted by Gasteiger charge is -2.08. The van der Waals surface area contributed by atoms with Gasteiger partial charge in [0.05, 0.1) is 0 Å². The van der Waals surface area contributed by atoms with Crippen LogP contribution in [0.5, 0.6) is 0 Å². The molecule has 3 aromatic rings. The molecule has 0 aliphatic carbocycles. The molecule has 1 aromatic heterocycles. The number of aryl methyl sites for hydroxylation is 1. The Morgan fingerprint density at radius 2 is 1.62 bits per heavy atom. The largest absolute Gasteiger partial charge is 0.340 e. The minimum Gasteiger partial charge on any atom is -0.340 e. The number of nitrogens with one attached hydrogen (secondary N) is 2. The van der Waals surface area contributed by atoms with E-state index in [1.807, 2.05) is 31.2 Å². The fraction of sp³-hybridized carbons (Fsp3) is 0.0556. The Morgan fingerprint density at radius 1 is 0.958 bits per heavy atom. The highest BCUT2D eigenvalue weighted by atomic mass is 19.1. The maximum absolute atomic E-state index is 12.9. The minimum absolute atomic E-state index is 0.232. The number of amides is 1. The van der Waals surface area contributed by atoms with Gasteiger partial charge in [0, 0.05) is 17.4 Å². The molecule has 0 saturated heterocycles. The molecule has 1 amide bonds. The molecule has 0 aliphatic heterocycles. The second kappa shape index (κ2) is 6.87. The summed E-state index contributed by atoms with van der Waals surface area (Å²) < 4.78 is 12.9. The second-order valence-corrected chi connectivity index (χ2v) is 5.24. The predicted octanol–water partition coefficient (Wildman–Crippen LogP) is 3.92. The number of benzene rings is 2. The zero-order valence-electron chi connectivity index (χ0n) is 13.0. The number of nitrogens with zero attached hydrogens (tertiary/aromatic N) is 2. The van der Waals surface area contributed by atoms with E-state index in [-0.39, 0.29) is 17.4 Å². The maximum atomic E-state index is 12.9. The van der Waals surface area contributed by atoms with Crippen molar-refractivity contribution in [3.63, 3.8) is 0 Å². The Labute approximate surface area is 138 Å². The molecule has 2 N–H and O–H groups in total. The monoisotopic (exact) mass is 322 g/mol. The van der Waals surface area contributed by atoms with Crippen molar-refractivity contribution in [2.24, 2.45) is 0 Å². The van der Waals surface area contributed by atoms with E-state index in [4.69, 9.17) is 0 Å². The van der Waals surface area contributed by atoms with Crippen LogP contribution in [0.25, 0.3) is 0 Å². The smallest absolute Gasteiger partial charge is 0.274 e. The quantitative estimate of drug-likeness (QED) is 0.764. The summed E-state index contributed by atoms with van der Waals surface area (Å²) in [7, 11) is 0. The molecule has 0 atom stereocenters. The van der Waals surface area contributed by atoms with Gasteiger partial charge in [0.25, 0.3) is 5.91 Å². The number of hydrogen-bond acceptors (Lipinski definition) is 4. The van der Waals surface area contributed by atoms with Gasteiger partial charge in [0.1, 0.15) is 23.7 Å². The first-order valence-corrected chi connectivity index (χ1v) is 7.33. The number of hydrogen-bond donors (Lipinski definition) is 2. The van der Waals surface area contributed by atoms with Crippen LogP contribution in [0.4, 0.5) is 21.6 Å². The van der Waals surface area contributed by atoms with Crippen LogP contribution >= 0.6 is 0 Å². The van der Waals surface area contributed by atoms with Crippen molar-refractivity contribution in [2.45, 2.75) is 6.92 Å². The van der Waals surface area contributed by atoms with Gasteiger partial charge in [-0.25, -0.2) is 14.4 Å². The normalized spacial score (nSPS) is 10.2. The van der Waals surface area contributed by atoms with E-state index in [2.05, 4.69) is 20.6 Å². The number of anilines is 3. The molecule has 6 heteroatoms. The molecule has 0 fully saturated rings. The lowest BCUT2D eigenvalue weighted by molar-refractivity contribution is 0.102. The van der Waals surface area contributed by atoms with Crippen LogP contribution in [-0.2, 0) is 0 Å². The summed E-state index contributed by atoms with van der Waals surface area (Å²) in [6.07, 6.45) is 1.30. The van der Waals surface area contributed by atoms with Gasteiger partial charge in [-0.05, 0) is 43.3 Å². The molecule has 120 valence electrons. The third-order valence-corrected chi connectivity index (χ3v) is 3.33. The summed E-state index contributed by atoms with van der Waals surface area (Å²) in [6, 6.07) is 14.9. The number of halogens is 1. The van der Waals surface area contributed by atoms with Crippen molar-refractivity contribution in [3.05, 3.63) is 78.0 Å². The van der Waals surface area contributed by atoms with Gasteiger partial charge in [-0.1, -0.05) is 17.7 Å². The van der Waals surface area contributed by atoms with Crippen LogP contribution < -0.4 is 10.6 Å². The number of aromatic nitrogens is 2. The summed E-state index contributed by atoms with van der Waals surface area (Å²) in [5.41, 5.74) is 2.70. The van der Waals surface area contributed by atoms with E-state index in [1.54, 1.807) is 12.1 Å². The van der Waals surface area contributed by atoms with Gasteiger partial charge in [-0.2, -0.15) is 0 Å². The summed E-state index contributed by atoms with van der Waals surface area (Å²) in [5, 5.41) is 5.78. The predicted molar refractivity (Wildman–Crippen MR) is 90.8 cm³/mol. The lowest BCUT2D eigenvalue weighted by atomic mass is 10.2. The van der Waals surface area contributed by atoms with E-state index in [0.29, 0.717) is 17.2 Å². The van der Waals surface area contributed by atoms with Crippen molar-refractivity contribution in [1.82, 2.24) is 9.97 Å². The van der Waals surface area contributed by atoms with Crippen molar-refractivity contribution in [1.29, 1.82) is 0 Å². The van der Waals surface area contributed by atoms with Gasteiger partial charge in [0.15, 0.2) is 0 Å². The van der Waals surface area contributed by atoms with Crippen LogP contribution in [0.1, 0.15) is 16.1 Å². The van der Waals surface area contributed by atoms with Gasteiger partial charge >= 0.3 is 0 Å². The molecule has 0 spiro atoms. The van der Waals surface area contributed by atoms with Gasteiger partial charge in [-0.15, -0.1) is 0 Å². The Balaban J connectivity index is 1.73. The molecule has 0 radical (unpaired) electrons. The van der Waals surface area contributed by atoms with Gasteiger partial charge in [-0.3, -0.25) is 4.79 Å². The molecule has 2 aromatic carbocycles. The molecule has 0 aliphatic rings. The van der Waals surface area contributed by atoms with Gasteiger partial charge < -0.3 is 10.6 Å². The van der Waals surface area contributed by atoms with Gasteiger partial charge in [0.2, 0.25) is 0 Å². The fourth-order valence-electron chi connectivity index (χ4n) is 2.06. The Morgan fingerprint density at radius 3 is 2.33 bits per heavy atom. The van der Waals surface area contributed by atoms with Crippen LogP contribution in [-0.4, -0.2) is 15.9 Å². The lowest BCUT2D eigenvalue weighted by Crippen LogP contribution is -2.14. The summed E-state index contributed by atoms with van der Waals surface area (Å²) in [4.78, 5) is 20.3. The van der Waals surface area contributed by atoms with Crippen LogP contribution in [0.3, 0.4) is 0 Å². The molecular formula is C18H15FN4O. The molecule has 0 bridgehead atoms. The van der Waals surface area contributed by atoms with Crippen LogP contribution in [0.15, 0.2) is 60.9 Å². The first-order chi connectivity index (χ1) is 11.6. The fourth-order valence-corrected chi connectivity index (χ4v) is 2.06. The maximum Gasteiger partial charge on any atom is 0.274 e. The Bertz CT molecular complexity index is 848. The Kier molecular flexibility index (Phi) is 4.47. The van der Waals surface area contributed by atoms with E-state index < -0.39 is 0 Å². The number of carbonyl (C=O) groups is 1. The average Bonchev–Trinajstić information content (AvgIpc) is 2.59. The van der Waals surface area contributed by atoms with Crippen LogP contribution in [0, 0.1) is 12.7 Å². The van der Waals surface area contributed by atoms with E-state index in [0.717, 1.165) is 5.56 Å². The SMILES string of the molecule is Cc1ccc(NC(=O)c2cc(Nc3ccc(F)cc3)ncn2)cc1. The molecular weight excluding hydrogens is 307 g/mol. The first-order valence-electron chi connectivity index (χ1n) is 7.33. The van der Waals surface area contributed by atoms with Crippen molar-refractivity contribution in [2.75, 3.05) is 10.6 Å². The highest BCUT2D eigenvalue weighted by Gasteiger charge is 2.09. The van der Waals surface area contributed by atoms with E-state index >= 15 is 0 Å². The van der Waals surface area contributed by atoms with Crippen molar-refractivity contribution < 1.29 is 9.18 Å². The number of rotatable bonds is 4. The van der Waals surface area contributed by atoms with Crippen LogP contribution in [0.2, 0.25) is 0 Å². The molecule has 0 unspecified atom stereocenters. The summed E-state index contributed by atoms with van der Waals surface area (Å²) >= 11 is 0. The summed E-state index contributed by atoms with van der Waals surface area (Å²) in [5.74, 6) is -0.199. The van der Waals surface area contributed by atoms with E-state index in [1.165, 1.54) is 24.5 Å². The molecule has 5 nitrogen and oxygen atoms in total. The molecule has 0 saturated carbocycles. The standard InChI is InChI=1S/C18H15FN4O/c1-12-2-6-15(7-3-12)23-18(24)16-10-17(21-11-20-16)22-14-8-4-13(19)5-9-14/h2-11H,1H3,(H,23,24)(H,20,21,22). The van der Waals surface area contributed by atoms with E-state index in [9.17, 15) is 9.18 Å². The number of carbonyl (C=O) groups excluding carboxylic acids is 1. The Hall–Kier alpha value is -3.28. The second-order valence-electron chi connectivity index (χ2n) is 5.24. The zero-order valence-corrected chi connectivity index (χ0v) is 13.0. The van der Waals surface area contributed by atoms with Crippen molar-refractivity contribution >= 4 is 23.1 Å². The third-order valence-electron chi connectivity index (χ3n) is 3.33.